The molecule has 168 valence electrons. The molecule has 1 aliphatic heterocycles. The second-order valence-electron chi connectivity index (χ2n) is 9.61. The molecule has 31 heavy (non-hydrogen) atoms. The van der Waals surface area contributed by atoms with Crippen molar-refractivity contribution in [3.05, 3.63) is 58.7 Å². The van der Waals surface area contributed by atoms with Gasteiger partial charge in [0.05, 0.1) is 5.38 Å². The number of benzene rings is 1. The van der Waals surface area contributed by atoms with E-state index in [2.05, 4.69) is 31.3 Å². The molecule has 0 aromatic heterocycles. The molecule has 1 aliphatic carbocycles. The first-order valence-electron chi connectivity index (χ1n) is 11.0. The summed E-state index contributed by atoms with van der Waals surface area (Å²) in [6, 6.07) is 7.46. The summed E-state index contributed by atoms with van der Waals surface area (Å²) >= 11 is 12.1. The van der Waals surface area contributed by atoms with Gasteiger partial charge in [-0.1, -0.05) is 69.7 Å². The van der Waals surface area contributed by atoms with Gasteiger partial charge in [-0.2, -0.15) is 0 Å². The van der Waals surface area contributed by atoms with Gasteiger partial charge in [0.2, 0.25) is 5.91 Å². The van der Waals surface area contributed by atoms with Crippen molar-refractivity contribution in [2.45, 2.75) is 57.9 Å². The van der Waals surface area contributed by atoms with Crippen molar-refractivity contribution in [1.29, 1.82) is 0 Å². The Balaban J connectivity index is 1.69. The van der Waals surface area contributed by atoms with Crippen LogP contribution in [-0.2, 0) is 9.59 Å². The third-order valence-corrected chi connectivity index (χ3v) is 6.92. The zero-order chi connectivity index (χ0) is 22.8. The van der Waals surface area contributed by atoms with Gasteiger partial charge in [0.15, 0.2) is 0 Å². The molecule has 0 spiro atoms. The molecule has 1 heterocycles. The molecule has 6 heteroatoms. The number of alkyl halides is 1. The Hall–Kier alpha value is -1.78. The summed E-state index contributed by atoms with van der Waals surface area (Å²) in [4.78, 5) is 28.1. The predicted molar refractivity (Wildman–Crippen MR) is 127 cm³/mol. The molecule has 0 radical (unpaired) electrons. The number of halogens is 2. The van der Waals surface area contributed by atoms with Crippen LogP contribution in [0.1, 0.15) is 52.0 Å². The molecule has 0 bridgehead atoms. The lowest BCUT2D eigenvalue weighted by molar-refractivity contribution is -0.140. The zero-order valence-corrected chi connectivity index (χ0v) is 20.2. The second kappa shape index (κ2) is 9.79. The minimum Gasteiger partial charge on any atom is -0.340 e. The summed E-state index contributed by atoms with van der Waals surface area (Å²) in [6.07, 6.45) is 6.87. The zero-order valence-electron chi connectivity index (χ0n) is 18.7. The number of hydrogen-bond donors (Lipinski definition) is 1. The highest BCUT2D eigenvalue weighted by atomic mass is 35.5. The number of likely N-dealkylation sites (tertiary alicyclic amines) is 1. The lowest BCUT2D eigenvalue weighted by Crippen LogP contribution is -2.56. The van der Waals surface area contributed by atoms with Gasteiger partial charge in [-0.25, -0.2) is 0 Å². The fourth-order valence-electron chi connectivity index (χ4n) is 4.56. The maximum absolute atomic E-state index is 13.4. The first kappa shape index (κ1) is 23.9. The van der Waals surface area contributed by atoms with E-state index in [9.17, 15) is 9.59 Å². The minimum absolute atomic E-state index is 0.0116. The maximum atomic E-state index is 13.4. The molecular formula is C25H32Cl2N2O2. The van der Waals surface area contributed by atoms with E-state index in [0.717, 1.165) is 11.4 Å². The Labute approximate surface area is 195 Å². The van der Waals surface area contributed by atoms with E-state index < -0.39 is 6.04 Å². The fourth-order valence-corrected chi connectivity index (χ4v) is 4.84. The van der Waals surface area contributed by atoms with Crippen molar-refractivity contribution in [3.63, 3.8) is 0 Å². The van der Waals surface area contributed by atoms with Crippen molar-refractivity contribution in [2.24, 2.45) is 11.3 Å². The highest BCUT2D eigenvalue weighted by Gasteiger charge is 2.40. The molecule has 2 amide bonds. The number of nitrogens with one attached hydrogen (secondary N) is 1. The lowest BCUT2D eigenvalue weighted by atomic mass is 9.70. The Kier molecular flexibility index (Phi) is 7.54. The van der Waals surface area contributed by atoms with Crippen molar-refractivity contribution >= 4 is 35.0 Å². The summed E-state index contributed by atoms with van der Waals surface area (Å²) in [5.74, 6) is 0.105. The number of carbonyl (C=O) groups is 2. The summed E-state index contributed by atoms with van der Waals surface area (Å²) in [5, 5.41) is 3.62. The van der Waals surface area contributed by atoms with Gasteiger partial charge in [0.25, 0.3) is 5.91 Å². The van der Waals surface area contributed by atoms with E-state index in [4.69, 9.17) is 23.2 Å². The third-order valence-electron chi connectivity index (χ3n) is 6.34. The average molecular weight is 463 g/mol. The van der Waals surface area contributed by atoms with Gasteiger partial charge in [0.1, 0.15) is 6.04 Å². The van der Waals surface area contributed by atoms with Crippen LogP contribution < -0.4 is 5.32 Å². The van der Waals surface area contributed by atoms with E-state index in [0.29, 0.717) is 31.0 Å². The number of piperidine rings is 1. The molecule has 2 aliphatic rings. The molecule has 2 unspecified atom stereocenters. The van der Waals surface area contributed by atoms with Crippen LogP contribution >= 0.6 is 23.2 Å². The average Bonchev–Trinajstić information content (AvgIpc) is 2.72. The van der Waals surface area contributed by atoms with Crippen molar-refractivity contribution < 1.29 is 9.59 Å². The summed E-state index contributed by atoms with van der Waals surface area (Å²) in [7, 11) is 0. The van der Waals surface area contributed by atoms with E-state index >= 15 is 0 Å². The van der Waals surface area contributed by atoms with E-state index in [1.807, 2.05) is 43.0 Å². The van der Waals surface area contributed by atoms with E-state index in [1.165, 1.54) is 5.56 Å². The van der Waals surface area contributed by atoms with Gasteiger partial charge in [0, 0.05) is 23.7 Å². The molecule has 1 saturated heterocycles. The smallest absolute Gasteiger partial charge is 0.251 e. The van der Waals surface area contributed by atoms with Gasteiger partial charge in [-0.15, -0.1) is 11.6 Å². The van der Waals surface area contributed by atoms with Gasteiger partial charge >= 0.3 is 0 Å². The van der Waals surface area contributed by atoms with Gasteiger partial charge < -0.3 is 10.2 Å². The van der Waals surface area contributed by atoms with Gasteiger partial charge in [-0.05, 0) is 47.8 Å². The van der Waals surface area contributed by atoms with Crippen LogP contribution in [0.3, 0.4) is 0 Å². The Bertz CT molecular complexity index is 874. The molecule has 3 rings (SSSR count). The molecule has 4 nitrogen and oxygen atoms in total. The van der Waals surface area contributed by atoms with E-state index in [-0.39, 0.29) is 28.5 Å². The first-order chi connectivity index (χ1) is 14.6. The summed E-state index contributed by atoms with van der Waals surface area (Å²) in [6.45, 7) is 9.66. The van der Waals surface area contributed by atoms with Crippen molar-refractivity contribution in [3.8, 4) is 0 Å². The standard InChI is InChI=1S/C25H32Cl2N2O2/c1-16(2)22(28-23(30)18-7-11-20(27)12-8-18)24(31)29-14-13-21(25(3,4)15-29)17-5-9-19(26)10-6-17/h5-11,16,20-22H,12-15H2,1-4H3,(H,28,30)/t20?,21?,22-/m1/s1. The highest BCUT2D eigenvalue weighted by Crippen LogP contribution is 2.42. The van der Waals surface area contributed by atoms with Crippen LogP contribution in [0.2, 0.25) is 5.02 Å². The second-order valence-corrected chi connectivity index (χ2v) is 10.6. The molecule has 1 fully saturated rings. The molecule has 1 aromatic rings. The van der Waals surface area contributed by atoms with Crippen molar-refractivity contribution in [2.75, 3.05) is 13.1 Å². The predicted octanol–water partition coefficient (Wildman–Crippen LogP) is 5.32. The molecule has 3 atom stereocenters. The van der Waals surface area contributed by atoms with Crippen LogP contribution in [0, 0.1) is 11.3 Å². The Morgan fingerprint density at radius 2 is 1.87 bits per heavy atom. The number of amides is 2. The van der Waals surface area contributed by atoms with Crippen LogP contribution in [0.4, 0.5) is 0 Å². The topological polar surface area (TPSA) is 49.4 Å². The van der Waals surface area contributed by atoms with Crippen LogP contribution in [0.25, 0.3) is 0 Å². The van der Waals surface area contributed by atoms with E-state index in [1.54, 1.807) is 6.08 Å². The fraction of sp³-hybridized carbons (Fsp3) is 0.520. The van der Waals surface area contributed by atoms with Crippen LogP contribution in [-0.4, -0.2) is 41.2 Å². The molecule has 1 N–H and O–H groups in total. The highest BCUT2D eigenvalue weighted by molar-refractivity contribution is 6.30. The number of carbonyl (C=O) groups excluding carboxylic acids is 2. The minimum atomic E-state index is -0.557. The maximum Gasteiger partial charge on any atom is 0.251 e. The quantitative estimate of drug-likeness (QED) is 0.602. The first-order valence-corrected chi connectivity index (χ1v) is 11.8. The molecule has 0 saturated carbocycles. The summed E-state index contributed by atoms with van der Waals surface area (Å²) < 4.78 is 0. The third kappa shape index (κ3) is 5.72. The van der Waals surface area contributed by atoms with Gasteiger partial charge in [-0.3, -0.25) is 9.59 Å². The number of nitrogens with zero attached hydrogens (tertiary/aromatic N) is 1. The normalized spacial score (nSPS) is 24.0. The molecule has 1 aromatic carbocycles. The lowest BCUT2D eigenvalue weighted by Gasteiger charge is -2.45. The van der Waals surface area contributed by atoms with Crippen molar-refractivity contribution in [1.82, 2.24) is 10.2 Å². The largest absolute Gasteiger partial charge is 0.340 e. The van der Waals surface area contributed by atoms with Crippen LogP contribution in [0.15, 0.2) is 48.1 Å². The summed E-state index contributed by atoms with van der Waals surface area (Å²) in [5.41, 5.74) is 1.73. The molecular weight excluding hydrogens is 431 g/mol. The monoisotopic (exact) mass is 462 g/mol. The number of hydrogen-bond acceptors (Lipinski definition) is 2. The number of allylic oxidation sites excluding steroid dienone is 2. The number of rotatable bonds is 5. The Morgan fingerprint density at radius 3 is 2.42 bits per heavy atom. The van der Waals surface area contributed by atoms with Crippen LogP contribution in [0.5, 0.6) is 0 Å². The Morgan fingerprint density at radius 1 is 1.19 bits per heavy atom. The SMILES string of the molecule is CC(C)[C@@H](NC(=O)C1=CCC(Cl)C=C1)C(=O)N1CCC(c2ccc(Cl)cc2)C(C)(C)C1.